The second kappa shape index (κ2) is 6.00. The Kier molecular flexibility index (Phi) is 6.55. The minimum absolute atomic E-state index is 0. The molecule has 0 rings (SSSR count). The van der Waals surface area contributed by atoms with Crippen molar-refractivity contribution in [2.75, 3.05) is 0 Å². The van der Waals surface area contributed by atoms with Crippen LogP contribution in [-0.4, -0.2) is 58.6 Å². The summed E-state index contributed by atoms with van der Waals surface area (Å²) in [5.74, 6) is 0. The number of hydrogen-bond donors (Lipinski definition) is 1. The molecule has 0 aromatic rings. The van der Waals surface area contributed by atoms with Gasteiger partial charge in [0.25, 0.3) is 20.0 Å². The van der Waals surface area contributed by atoms with Gasteiger partial charge in [-0.3, -0.25) is 0 Å². The standard InChI is InChI=1S/C4HF10NO4S2.Li.H/c5-1(6,7)3(11,12)20(16,17)15-21(18,19)4(13,14)2(8,9)10;;/h15H;;. The van der Waals surface area contributed by atoms with Crippen molar-refractivity contribution in [2.24, 2.45) is 0 Å². The van der Waals surface area contributed by atoms with Gasteiger partial charge >= 0.3 is 41.7 Å². The molecule has 0 aliphatic heterocycles. The number of nitrogens with one attached hydrogen (secondary N) is 1. The van der Waals surface area contributed by atoms with Gasteiger partial charge in [0, 0.05) is 0 Å². The summed E-state index contributed by atoms with van der Waals surface area (Å²) in [5.41, 5.74) is 0. The molecule has 18 heteroatoms. The van der Waals surface area contributed by atoms with Crippen LogP contribution in [0.25, 0.3) is 0 Å². The van der Waals surface area contributed by atoms with Crippen LogP contribution in [0.5, 0.6) is 0 Å². The van der Waals surface area contributed by atoms with Crippen LogP contribution in [-0.2, 0) is 20.0 Å². The molecule has 0 bridgehead atoms. The van der Waals surface area contributed by atoms with Gasteiger partial charge in [0.1, 0.15) is 0 Å². The SMILES string of the molecule is O=S(=O)(NS(=O)(=O)C(F)(F)C(F)(F)F)C(F)(F)C(F)(F)F.[LiH]. The van der Waals surface area contributed by atoms with Crippen LogP contribution in [0.15, 0.2) is 0 Å². The van der Waals surface area contributed by atoms with Crippen molar-refractivity contribution in [1.82, 2.24) is 4.13 Å². The van der Waals surface area contributed by atoms with E-state index in [-0.39, 0.29) is 18.9 Å². The molecule has 0 aliphatic carbocycles. The molecule has 0 aromatic carbocycles. The van der Waals surface area contributed by atoms with Crippen molar-refractivity contribution in [3.63, 3.8) is 0 Å². The predicted octanol–water partition coefficient (Wildman–Crippen LogP) is 0.897. The first-order valence-corrected chi connectivity index (χ1v) is 6.84. The van der Waals surface area contributed by atoms with E-state index in [1.807, 2.05) is 0 Å². The second-order valence-corrected chi connectivity index (χ2v) is 6.83. The van der Waals surface area contributed by atoms with Gasteiger partial charge in [-0.15, -0.1) is 0 Å². The van der Waals surface area contributed by atoms with Crippen LogP contribution in [0.3, 0.4) is 0 Å². The van der Waals surface area contributed by atoms with E-state index in [1.54, 1.807) is 0 Å². The molecule has 0 saturated carbocycles. The average Bonchev–Trinajstić information content (AvgIpc) is 2.11. The number of rotatable bonds is 4. The summed E-state index contributed by atoms with van der Waals surface area (Å²) in [4.78, 5) is 0. The van der Waals surface area contributed by atoms with Gasteiger partial charge in [-0.1, -0.05) is 4.13 Å². The maximum atomic E-state index is 12.4. The van der Waals surface area contributed by atoms with Gasteiger partial charge in [0.15, 0.2) is 0 Å². The Balaban J connectivity index is 0. The third-order valence-electron chi connectivity index (χ3n) is 1.55. The Morgan fingerprint density at radius 3 is 0.864 bits per heavy atom. The van der Waals surface area contributed by atoms with E-state index >= 15 is 0 Å². The molecule has 0 unspecified atom stereocenters. The van der Waals surface area contributed by atoms with Crippen molar-refractivity contribution in [3.8, 4) is 0 Å². The van der Waals surface area contributed by atoms with E-state index in [0.29, 0.717) is 0 Å². The zero-order valence-electron chi connectivity index (χ0n) is 8.73. The van der Waals surface area contributed by atoms with Gasteiger partial charge in [-0.05, 0) is 0 Å². The fourth-order valence-corrected chi connectivity index (χ4v) is 3.16. The van der Waals surface area contributed by atoms with Crippen LogP contribution >= 0.6 is 0 Å². The van der Waals surface area contributed by atoms with Gasteiger partial charge in [0.05, 0.1) is 0 Å². The van der Waals surface area contributed by atoms with Gasteiger partial charge in [0.2, 0.25) is 0 Å². The molecule has 22 heavy (non-hydrogen) atoms. The summed E-state index contributed by atoms with van der Waals surface area (Å²) in [7, 11) is -15.0. The summed E-state index contributed by atoms with van der Waals surface area (Å²) >= 11 is 0. The first kappa shape index (κ1) is 24.0. The van der Waals surface area contributed by atoms with Crippen molar-refractivity contribution in [3.05, 3.63) is 0 Å². The molecular formula is C4H2F10LiNO4S2. The van der Waals surface area contributed by atoms with E-state index in [1.165, 1.54) is 0 Å². The van der Waals surface area contributed by atoms with Crippen molar-refractivity contribution >= 4 is 38.9 Å². The minimum atomic E-state index is -7.49. The molecule has 0 spiro atoms. The Morgan fingerprint density at radius 2 is 0.727 bits per heavy atom. The Labute approximate surface area is 127 Å². The van der Waals surface area contributed by atoms with Crippen LogP contribution in [0, 0.1) is 0 Å². The van der Waals surface area contributed by atoms with Crippen LogP contribution in [0.1, 0.15) is 0 Å². The fourth-order valence-electron chi connectivity index (χ4n) is 0.554. The monoisotopic (exact) mass is 389 g/mol. The Hall–Kier alpha value is -0.243. The van der Waals surface area contributed by atoms with Crippen molar-refractivity contribution in [1.29, 1.82) is 0 Å². The summed E-state index contributed by atoms with van der Waals surface area (Å²) in [5, 5.41) is -13.9. The van der Waals surface area contributed by atoms with E-state index in [0.717, 1.165) is 0 Å². The molecule has 0 aliphatic rings. The zero-order valence-corrected chi connectivity index (χ0v) is 10.4. The zero-order chi connectivity index (χ0) is 17.7. The first-order chi connectivity index (χ1) is 8.71. The molecule has 130 valence electrons. The summed E-state index contributed by atoms with van der Waals surface area (Å²) in [6, 6.07) is 0. The molecule has 0 amide bonds. The number of alkyl halides is 10. The molecule has 0 saturated heterocycles. The number of sulfonamides is 2. The third-order valence-corrected chi connectivity index (χ3v) is 5.12. The molecule has 0 fully saturated rings. The van der Waals surface area contributed by atoms with E-state index in [2.05, 4.69) is 0 Å². The second-order valence-electron chi connectivity index (χ2n) is 3.12. The third kappa shape index (κ3) is 3.99. The van der Waals surface area contributed by atoms with E-state index < -0.39 is 47.0 Å². The fraction of sp³-hybridized carbons (Fsp3) is 1.00. The number of halogens is 10. The Morgan fingerprint density at radius 1 is 0.545 bits per heavy atom. The average molecular weight is 389 g/mol. The predicted molar refractivity (Wildman–Crippen MR) is 50.1 cm³/mol. The van der Waals surface area contributed by atoms with Crippen LogP contribution < -0.4 is 4.13 Å². The maximum absolute atomic E-state index is 12.4. The van der Waals surface area contributed by atoms with Crippen LogP contribution in [0.4, 0.5) is 43.9 Å². The van der Waals surface area contributed by atoms with E-state index in [9.17, 15) is 60.7 Å². The normalized spacial score (nSPS) is 15.4. The van der Waals surface area contributed by atoms with Gasteiger partial charge in [-0.25, -0.2) is 16.8 Å². The topological polar surface area (TPSA) is 80.3 Å². The summed E-state index contributed by atoms with van der Waals surface area (Å²) < 4.78 is 160. The quantitative estimate of drug-likeness (QED) is 0.573. The molecule has 0 radical (unpaired) electrons. The Bertz CT molecular complexity index is 550. The van der Waals surface area contributed by atoms with Gasteiger partial charge < -0.3 is 0 Å². The van der Waals surface area contributed by atoms with E-state index in [4.69, 9.17) is 0 Å². The molecule has 0 atom stereocenters. The van der Waals surface area contributed by atoms with Crippen molar-refractivity contribution in [2.45, 2.75) is 22.9 Å². The van der Waals surface area contributed by atoms with Crippen molar-refractivity contribution < 1.29 is 60.7 Å². The summed E-state index contributed by atoms with van der Waals surface area (Å²) in [6.45, 7) is 0. The first-order valence-electron chi connectivity index (χ1n) is 3.87. The summed E-state index contributed by atoms with van der Waals surface area (Å²) in [6.07, 6.45) is -13.9. The molecule has 5 nitrogen and oxygen atoms in total. The molecule has 0 heterocycles. The van der Waals surface area contributed by atoms with Crippen LogP contribution in [0.2, 0.25) is 0 Å². The molecular weight excluding hydrogens is 387 g/mol. The molecule has 1 N–H and O–H groups in total. The van der Waals surface area contributed by atoms with Gasteiger partial charge in [-0.2, -0.15) is 43.9 Å². The molecule has 0 aromatic heterocycles. The number of hydrogen-bond acceptors (Lipinski definition) is 4.